The SMILES string of the molecule is CCCC1C(C)N/C=C\C=C/CC2=CC(c3cc(-c4ccc(CC)cc4)cc(-c4ccc(C(C)C)cc4)c3)=CCC21. The molecule has 3 aromatic rings. The molecule has 0 saturated carbocycles. The van der Waals surface area contributed by atoms with Gasteiger partial charge in [-0.1, -0.05) is 113 Å². The fourth-order valence-electron chi connectivity index (χ4n) is 6.56. The van der Waals surface area contributed by atoms with Crippen molar-refractivity contribution in [2.24, 2.45) is 11.8 Å². The van der Waals surface area contributed by atoms with Crippen LogP contribution in [0, 0.1) is 11.8 Å². The van der Waals surface area contributed by atoms with Gasteiger partial charge in [-0.05, 0) is 125 Å². The fraction of sp³-hybridized carbons (Fsp3) is 0.350. The van der Waals surface area contributed by atoms with E-state index >= 15 is 0 Å². The predicted octanol–water partition coefficient (Wildman–Crippen LogP) is 10.9. The van der Waals surface area contributed by atoms with Crippen LogP contribution in [0.1, 0.15) is 82.9 Å². The Kier molecular flexibility index (Phi) is 9.45. The van der Waals surface area contributed by atoms with Gasteiger partial charge < -0.3 is 5.32 Å². The van der Waals surface area contributed by atoms with Crippen molar-refractivity contribution >= 4 is 5.57 Å². The highest BCUT2D eigenvalue weighted by Crippen LogP contribution is 2.41. The van der Waals surface area contributed by atoms with Crippen molar-refractivity contribution in [3.63, 3.8) is 0 Å². The summed E-state index contributed by atoms with van der Waals surface area (Å²) in [5.74, 6) is 1.73. The molecule has 0 radical (unpaired) electrons. The standard InChI is InChI=1S/C40H47N/c1-6-11-39-29(5)41-23-10-8-9-12-35-24-34(21-22-40(35)39)38-26-36(32-15-13-30(7-2)14-16-32)25-37(27-38)33-19-17-31(18-20-33)28(3)4/h8-10,13-21,23-29,39-41H,6-7,11-12,22H2,1-5H3/b9-8-,23-10-. The van der Waals surface area contributed by atoms with Crippen molar-refractivity contribution in [1.82, 2.24) is 5.32 Å². The van der Waals surface area contributed by atoms with Crippen molar-refractivity contribution in [1.29, 1.82) is 0 Å². The molecule has 1 heterocycles. The van der Waals surface area contributed by atoms with Crippen LogP contribution in [0.25, 0.3) is 27.8 Å². The molecule has 1 heteroatoms. The third kappa shape index (κ3) is 6.84. The Labute approximate surface area is 248 Å². The van der Waals surface area contributed by atoms with Crippen LogP contribution < -0.4 is 5.32 Å². The van der Waals surface area contributed by atoms with Crippen LogP contribution in [0.3, 0.4) is 0 Å². The van der Waals surface area contributed by atoms with Gasteiger partial charge in [0.15, 0.2) is 0 Å². The highest BCUT2D eigenvalue weighted by Gasteiger charge is 2.30. The Hall–Kier alpha value is -3.58. The minimum Gasteiger partial charge on any atom is -0.388 e. The molecule has 0 bridgehead atoms. The van der Waals surface area contributed by atoms with E-state index in [9.17, 15) is 0 Å². The third-order valence-electron chi connectivity index (χ3n) is 9.12. The average molecular weight is 542 g/mol. The lowest BCUT2D eigenvalue weighted by molar-refractivity contribution is 0.281. The molecule has 5 rings (SSSR count). The van der Waals surface area contributed by atoms with Gasteiger partial charge in [0.1, 0.15) is 0 Å². The molecule has 41 heavy (non-hydrogen) atoms. The van der Waals surface area contributed by atoms with E-state index in [4.69, 9.17) is 0 Å². The zero-order valence-electron chi connectivity index (χ0n) is 25.7. The molecule has 0 fully saturated rings. The summed E-state index contributed by atoms with van der Waals surface area (Å²) in [7, 11) is 0. The topological polar surface area (TPSA) is 12.0 Å². The zero-order chi connectivity index (χ0) is 28.8. The van der Waals surface area contributed by atoms with Crippen LogP contribution >= 0.6 is 0 Å². The van der Waals surface area contributed by atoms with E-state index < -0.39 is 0 Å². The van der Waals surface area contributed by atoms with E-state index in [2.05, 4.69) is 143 Å². The van der Waals surface area contributed by atoms with Crippen LogP contribution in [0.4, 0.5) is 0 Å². The van der Waals surface area contributed by atoms with E-state index in [-0.39, 0.29) is 0 Å². The summed E-state index contributed by atoms with van der Waals surface area (Å²) in [4.78, 5) is 0. The summed E-state index contributed by atoms with van der Waals surface area (Å²) < 4.78 is 0. The molecule has 1 N–H and O–H groups in total. The van der Waals surface area contributed by atoms with E-state index in [0.717, 1.165) is 19.3 Å². The average Bonchev–Trinajstić information content (AvgIpc) is 3.01. The number of rotatable bonds is 7. The molecule has 0 spiro atoms. The van der Waals surface area contributed by atoms with Gasteiger partial charge in [-0.15, -0.1) is 0 Å². The van der Waals surface area contributed by atoms with Gasteiger partial charge in [-0.3, -0.25) is 0 Å². The lowest BCUT2D eigenvalue weighted by atomic mass is 9.72. The number of fused-ring (bicyclic) bond motifs is 1. The van der Waals surface area contributed by atoms with E-state index in [1.54, 1.807) is 5.57 Å². The van der Waals surface area contributed by atoms with E-state index in [0.29, 0.717) is 23.8 Å². The quantitative estimate of drug-likeness (QED) is 0.314. The maximum absolute atomic E-state index is 3.65. The maximum Gasteiger partial charge on any atom is 0.0261 e. The largest absolute Gasteiger partial charge is 0.388 e. The first-order valence-electron chi connectivity index (χ1n) is 15.8. The molecule has 2 aliphatic rings. The Balaban J connectivity index is 1.58. The number of benzene rings is 3. The van der Waals surface area contributed by atoms with Crippen LogP contribution in [-0.4, -0.2) is 6.04 Å². The van der Waals surface area contributed by atoms with Gasteiger partial charge in [-0.2, -0.15) is 0 Å². The van der Waals surface area contributed by atoms with Crippen LogP contribution in [0.2, 0.25) is 0 Å². The Morgan fingerprint density at radius 1 is 0.805 bits per heavy atom. The Morgan fingerprint density at radius 2 is 1.46 bits per heavy atom. The predicted molar refractivity (Wildman–Crippen MR) is 179 cm³/mol. The summed E-state index contributed by atoms with van der Waals surface area (Å²) >= 11 is 0. The first-order valence-corrected chi connectivity index (χ1v) is 15.8. The smallest absolute Gasteiger partial charge is 0.0261 e. The number of hydrogen-bond donors (Lipinski definition) is 1. The molecular formula is C40H47N. The molecule has 3 atom stereocenters. The molecule has 0 amide bonds. The van der Waals surface area contributed by atoms with E-state index in [1.807, 2.05) is 0 Å². The van der Waals surface area contributed by atoms with Gasteiger partial charge in [-0.25, -0.2) is 0 Å². The third-order valence-corrected chi connectivity index (χ3v) is 9.12. The van der Waals surface area contributed by atoms with Gasteiger partial charge in [0, 0.05) is 6.04 Å². The Bertz CT molecular complexity index is 1430. The molecule has 3 unspecified atom stereocenters. The molecule has 1 aliphatic carbocycles. The molecule has 0 aromatic heterocycles. The van der Waals surface area contributed by atoms with Crippen molar-refractivity contribution in [3.05, 3.63) is 126 Å². The minimum absolute atomic E-state index is 0.455. The highest BCUT2D eigenvalue weighted by atomic mass is 14.9. The van der Waals surface area contributed by atoms with Crippen molar-refractivity contribution in [2.75, 3.05) is 0 Å². The number of aryl methyl sites for hydroxylation is 1. The molecule has 0 saturated heterocycles. The lowest BCUT2D eigenvalue weighted by Gasteiger charge is -2.35. The monoisotopic (exact) mass is 541 g/mol. The number of hydrogen-bond acceptors (Lipinski definition) is 1. The first-order chi connectivity index (χ1) is 20.0. The molecular weight excluding hydrogens is 494 g/mol. The van der Waals surface area contributed by atoms with Gasteiger partial charge >= 0.3 is 0 Å². The fourth-order valence-corrected chi connectivity index (χ4v) is 6.56. The molecule has 1 nitrogen and oxygen atoms in total. The van der Waals surface area contributed by atoms with Crippen LogP contribution in [0.5, 0.6) is 0 Å². The van der Waals surface area contributed by atoms with Crippen LogP contribution in [0.15, 0.2) is 109 Å². The second kappa shape index (κ2) is 13.4. The lowest BCUT2D eigenvalue weighted by Crippen LogP contribution is -2.36. The summed E-state index contributed by atoms with van der Waals surface area (Å²) in [6, 6.07) is 25.9. The van der Waals surface area contributed by atoms with E-state index in [1.165, 1.54) is 57.4 Å². The number of nitrogens with one attached hydrogen (secondary N) is 1. The normalized spacial score (nSPS) is 22.2. The summed E-state index contributed by atoms with van der Waals surface area (Å²) in [6.07, 6.45) is 19.5. The number of allylic oxidation sites excluding steroid dienone is 7. The highest BCUT2D eigenvalue weighted by molar-refractivity contribution is 5.84. The summed E-state index contributed by atoms with van der Waals surface area (Å²) in [6.45, 7) is 11.4. The second-order valence-corrected chi connectivity index (χ2v) is 12.2. The second-order valence-electron chi connectivity index (χ2n) is 12.2. The van der Waals surface area contributed by atoms with Crippen molar-refractivity contribution < 1.29 is 0 Å². The van der Waals surface area contributed by atoms with Gasteiger partial charge in [0.05, 0.1) is 0 Å². The van der Waals surface area contributed by atoms with Crippen molar-refractivity contribution in [3.8, 4) is 22.3 Å². The first kappa shape index (κ1) is 28.9. The zero-order valence-corrected chi connectivity index (χ0v) is 25.7. The Morgan fingerprint density at radius 3 is 2.10 bits per heavy atom. The molecule has 1 aliphatic heterocycles. The van der Waals surface area contributed by atoms with Crippen molar-refractivity contribution in [2.45, 2.75) is 78.7 Å². The van der Waals surface area contributed by atoms with Gasteiger partial charge in [0.2, 0.25) is 0 Å². The maximum atomic E-state index is 3.65. The summed E-state index contributed by atoms with van der Waals surface area (Å²) in [5, 5.41) is 3.65. The summed E-state index contributed by atoms with van der Waals surface area (Å²) in [5.41, 5.74) is 12.1. The van der Waals surface area contributed by atoms with Crippen LogP contribution in [-0.2, 0) is 6.42 Å². The van der Waals surface area contributed by atoms with Gasteiger partial charge in [0.25, 0.3) is 0 Å². The molecule has 3 aromatic carbocycles. The minimum atomic E-state index is 0.455. The molecule has 212 valence electrons.